The van der Waals surface area contributed by atoms with Gasteiger partial charge in [-0.25, -0.2) is 0 Å². The summed E-state index contributed by atoms with van der Waals surface area (Å²) in [6.45, 7) is 6.51. The normalized spacial score (nSPS) is 12.3. The number of allylic oxidation sites excluding steroid dienone is 6. The molecule has 0 N–H and O–H groups in total. The first-order chi connectivity index (χ1) is 26.5. The maximum atomic E-state index is 12.7. The number of ether oxygens (including phenoxy) is 3. The van der Waals surface area contributed by atoms with Gasteiger partial charge in [-0.05, 0) is 70.6 Å². The summed E-state index contributed by atoms with van der Waals surface area (Å²) < 4.78 is 16.6. The fourth-order valence-electron chi connectivity index (χ4n) is 6.36. The van der Waals surface area contributed by atoms with Gasteiger partial charge in [0.1, 0.15) is 13.2 Å². The molecule has 0 aliphatic carbocycles. The highest BCUT2D eigenvalue weighted by molar-refractivity contribution is 5.71. The number of rotatable bonds is 41. The van der Waals surface area contributed by atoms with Gasteiger partial charge in [-0.3, -0.25) is 14.4 Å². The lowest BCUT2D eigenvalue weighted by Crippen LogP contribution is -2.30. The van der Waals surface area contributed by atoms with Crippen LogP contribution in [-0.2, 0) is 28.6 Å². The van der Waals surface area contributed by atoms with Gasteiger partial charge in [0.05, 0.1) is 0 Å². The Balaban J connectivity index is 4.28. The zero-order valence-electron chi connectivity index (χ0n) is 35.7. The largest absolute Gasteiger partial charge is 0.462 e. The molecule has 314 valence electrons. The Kier molecular flexibility index (Phi) is 41.5. The summed E-state index contributed by atoms with van der Waals surface area (Å²) in [5, 5.41) is 0. The molecule has 1 atom stereocenters. The van der Waals surface area contributed by atoms with Gasteiger partial charge in [0, 0.05) is 19.3 Å². The first-order valence-corrected chi connectivity index (χ1v) is 23.0. The molecule has 0 saturated carbocycles. The quantitative estimate of drug-likeness (QED) is 0.0267. The Labute approximate surface area is 334 Å². The lowest BCUT2D eigenvalue weighted by molar-refractivity contribution is -0.167. The Morgan fingerprint density at radius 3 is 1.13 bits per heavy atom. The molecule has 0 spiro atoms. The minimum absolute atomic E-state index is 0.0769. The fraction of sp³-hybridized carbons (Fsp3) is 0.812. The van der Waals surface area contributed by atoms with Crippen LogP contribution in [0, 0.1) is 0 Å². The molecule has 0 aromatic rings. The second kappa shape index (κ2) is 43.4. The first-order valence-electron chi connectivity index (χ1n) is 23.0. The first kappa shape index (κ1) is 51.6. The van der Waals surface area contributed by atoms with E-state index < -0.39 is 6.10 Å². The Bertz CT molecular complexity index is 922. The van der Waals surface area contributed by atoms with Gasteiger partial charge in [-0.1, -0.05) is 179 Å². The van der Waals surface area contributed by atoms with E-state index >= 15 is 0 Å². The van der Waals surface area contributed by atoms with E-state index in [1.54, 1.807) is 0 Å². The highest BCUT2D eigenvalue weighted by atomic mass is 16.6. The summed E-state index contributed by atoms with van der Waals surface area (Å²) in [6, 6.07) is 0. The fourth-order valence-corrected chi connectivity index (χ4v) is 6.36. The van der Waals surface area contributed by atoms with Gasteiger partial charge in [-0.2, -0.15) is 0 Å². The minimum Gasteiger partial charge on any atom is -0.462 e. The molecule has 0 saturated heterocycles. The Morgan fingerprint density at radius 1 is 0.370 bits per heavy atom. The van der Waals surface area contributed by atoms with Crippen LogP contribution in [0.4, 0.5) is 0 Å². The summed E-state index contributed by atoms with van der Waals surface area (Å²) in [5.74, 6) is -0.899. The van der Waals surface area contributed by atoms with E-state index in [1.165, 1.54) is 103 Å². The average Bonchev–Trinajstić information content (AvgIpc) is 3.17. The van der Waals surface area contributed by atoms with E-state index in [2.05, 4.69) is 57.2 Å². The van der Waals surface area contributed by atoms with Crippen LogP contribution >= 0.6 is 0 Å². The SMILES string of the molecule is CCC/C=C\CCCCCCCC(=O)OC(COC(=O)CCCCCCCCCC)COC(=O)CCCCCCCCC/C=C\C/C=C\CCCCCC. The van der Waals surface area contributed by atoms with Crippen LogP contribution in [0.25, 0.3) is 0 Å². The standard InChI is InChI=1S/C48H86O6/c1-4-7-10-13-16-19-21-22-23-24-25-26-27-28-30-32-35-38-41-47(50)53-44-45(43-52-46(49)40-37-34-31-18-15-12-9-6-3)54-48(51)42-39-36-33-29-20-17-14-11-8-5-2/h11,14,19,21,23-24,45H,4-10,12-13,15-18,20,22,25-44H2,1-3H3/b14-11-,21-19-,24-23-. The van der Waals surface area contributed by atoms with Crippen molar-refractivity contribution in [3.8, 4) is 0 Å². The maximum absolute atomic E-state index is 12.7. The number of hydrogen-bond acceptors (Lipinski definition) is 6. The van der Waals surface area contributed by atoms with Gasteiger partial charge in [0.25, 0.3) is 0 Å². The van der Waals surface area contributed by atoms with Gasteiger partial charge >= 0.3 is 17.9 Å². The topological polar surface area (TPSA) is 78.9 Å². The Hall–Kier alpha value is -2.37. The lowest BCUT2D eigenvalue weighted by Gasteiger charge is -2.18. The minimum atomic E-state index is -0.773. The van der Waals surface area contributed by atoms with E-state index in [4.69, 9.17) is 14.2 Å². The third-order valence-corrected chi connectivity index (χ3v) is 9.85. The van der Waals surface area contributed by atoms with Crippen LogP contribution in [0.2, 0.25) is 0 Å². The van der Waals surface area contributed by atoms with Crippen molar-refractivity contribution in [2.24, 2.45) is 0 Å². The highest BCUT2D eigenvalue weighted by Crippen LogP contribution is 2.14. The molecule has 54 heavy (non-hydrogen) atoms. The number of esters is 3. The van der Waals surface area contributed by atoms with Crippen LogP contribution in [0.15, 0.2) is 36.5 Å². The van der Waals surface area contributed by atoms with Crippen molar-refractivity contribution < 1.29 is 28.6 Å². The van der Waals surface area contributed by atoms with E-state index in [-0.39, 0.29) is 31.1 Å². The third-order valence-electron chi connectivity index (χ3n) is 9.85. The summed E-state index contributed by atoms with van der Waals surface area (Å²) in [6.07, 6.45) is 48.5. The van der Waals surface area contributed by atoms with E-state index in [0.29, 0.717) is 19.3 Å². The predicted octanol–water partition coefficient (Wildman–Crippen LogP) is 14.6. The van der Waals surface area contributed by atoms with Crippen molar-refractivity contribution in [2.75, 3.05) is 13.2 Å². The molecule has 0 heterocycles. The molecule has 0 aromatic heterocycles. The van der Waals surface area contributed by atoms with Gasteiger partial charge < -0.3 is 14.2 Å². The molecule has 6 nitrogen and oxygen atoms in total. The highest BCUT2D eigenvalue weighted by Gasteiger charge is 2.19. The molecule has 0 radical (unpaired) electrons. The zero-order valence-corrected chi connectivity index (χ0v) is 35.7. The van der Waals surface area contributed by atoms with Crippen LogP contribution in [0.3, 0.4) is 0 Å². The monoisotopic (exact) mass is 759 g/mol. The second-order valence-electron chi connectivity index (χ2n) is 15.3. The Morgan fingerprint density at radius 2 is 0.704 bits per heavy atom. The smallest absolute Gasteiger partial charge is 0.306 e. The zero-order chi connectivity index (χ0) is 39.4. The summed E-state index contributed by atoms with van der Waals surface area (Å²) in [5.41, 5.74) is 0. The van der Waals surface area contributed by atoms with E-state index in [1.807, 2.05) is 0 Å². The molecule has 0 aromatic carbocycles. The molecule has 1 unspecified atom stereocenters. The van der Waals surface area contributed by atoms with Crippen molar-refractivity contribution in [2.45, 2.75) is 239 Å². The van der Waals surface area contributed by atoms with Crippen molar-refractivity contribution in [3.63, 3.8) is 0 Å². The van der Waals surface area contributed by atoms with Crippen molar-refractivity contribution in [1.82, 2.24) is 0 Å². The summed E-state index contributed by atoms with van der Waals surface area (Å²) >= 11 is 0. The molecule has 0 bridgehead atoms. The molecular formula is C48H86O6. The van der Waals surface area contributed by atoms with Crippen LogP contribution < -0.4 is 0 Å². The molecule has 0 aliphatic heterocycles. The second-order valence-corrected chi connectivity index (χ2v) is 15.3. The number of unbranched alkanes of at least 4 members (excludes halogenated alkanes) is 24. The summed E-state index contributed by atoms with van der Waals surface area (Å²) in [7, 11) is 0. The van der Waals surface area contributed by atoms with Crippen LogP contribution in [0.5, 0.6) is 0 Å². The molecule has 0 rings (SSSR count). The van der Waals surface area contributed by atoms with Gasteiger partial charge in [-0.15, -0.1) is 0 Å². The molecule has 0 aliphatic rings. The van der Waals surface area contributed by atoms with Crippen LogP contribution in [-0.4, -0.2) is 37.2 Å². The lowest BCUT2D eigenvalue weighted by atomic mass is 10.1. The molecule has 0 amide bonds. The van der Waals surface area contributed by atoms with Crippen molar-refractivity contribution in [1.29, 1.82) is 0 Å². The van der Waals surface area contributed by atoms with Crippen LogP contribution in [0.1, 0.15) is 233 Å². The molecule has 0 fully saturated rings. The number of hydrogen-bond donors (Lipinski definition) is 0. The van der Waals surface area contributed by atoms with E-state index in [9.17, 15) is 14.4 Å². The van der Waals surface area contributed by atoms with Gasteiger partial charge in [0.2, 0.25) is 0 Å². The average molecular weight is 759 g/mol. The number of carbonyl (C=O) groups excluding carboxylic acids is 3. The number of carbonyl (C=O) groups is 3. The van der Waals surface area contributed by atoms with Gasteiger partial charge in [0.15, 0.2) is 6.10 Å². The van der Waals surface area contributed by atoms with Crippen molar-refractivity contribution in [3.05, 3.63) is 36.5 Å². The molecule has 6 heteroatoms. The third kappa shape index (κ3) is 40.8. The van der Waals surface area contributed by atoms with E-state index in [0.717, 1.165) is 89.9 Å². The summed E-state index contributed by atoms with van der Waals surface area (Å²) in [4.78, 5) is 37.6. The van der Waals surface area contributed by atoms with Crippen molar-refractivity contribution >= 4 is 17.9 Å². The molecular weight excluding hydrogens is 673 g/mol. The predicted molar refractivity (Wildman–Crippen MR) is 229 cm³/mol. The maximum Gasteiger partial charge on any atom is 0.306 e.